The zero-order chi connectivity index (χ0) is 21.7. The zero-order valence-corrected chi connectivity index (χ0v) is 18.9. The number of hydrogen-bond donors (Lipinski definition) is 1. The van der Waals surface area contributed by atoms with Gasteiger partial charge >= 0.3 is 0 Å². The maximum Gasteiger partial charge on any atom is 0.272 e. The van der Waals surface area contributed by atoms with Gasteiger partial charge in [-0.1, -0.05) is 70.1 Å². The van der Waals surface area contributed by atoms with Gasteiger partial charge in [0.2, 0.25) is 0 Å². The average Bonchev–Trinajstić information content (AvgIpc) is 2.68. The van der Waals surface area contributed by atoms with Crippen LogP contribution in [0.2, 0.25) is 25.1 Å². The van der Waals surface area contributed by atoms with Crippen molar-refractivity contribution in [3.8, 4) is 5.75 Å². The van der Waals surface area contributed by atoms with Crippen LogP contribution in [-0.2, 0) is 6.61 Å². The highest BCUT2D eigenvalue weighted by atomic mass is 35.5. The Morgan fingerprint density at radius 1 is 0.867 bits per heavy atom. The second-order valence-corrected chi connectivity index (χ2v) is 8.15. The molecule has 1 amide bonds. The topological polar surface area (TPSA) is 50.7 Å². The van der Waals surface area contributed by atoms with Gasteiger partial charge in [0.05, 0.1) is 26.8 Å². The Balaban J connectivity index is 1.65. The van der Waals surface area contributed by atoms with Gasteiger partial charge in [0.15, 0.2) is 5.75 Å². The molecule has 0 aliphatic carbocycles. The summed E-state index contributed by atoms with van der Waals surface area (Å²) < 4.78 is 5.73. The van der Waals surface area contributed by atoms with E-state index in [0.717, 1.165) is 5.56 Å². The van der Waals surface area contributed by atoms with Gasteiger partial charge in [-0.25, -0.2) is 5.43 Å². The van der Waals surface area contributed by atoms with Crippen LogP contribution in [-0.4, -0.2) is 12.1 Å². The first kappa shape index (κ1) is 22.7. The highest BCUT2D eigenvalue weighted by Gasteiger charge is 2.11. The molecule has 0 unspecified atom stereocenters. The maximum absolute atomic E-state index is 12.2. The van der Waals surface area contributed by atoms with Crippen molar-refractivity contribution < 1.29 is 9.53 Å². The van der Waals surface area contributed by atoms with E-state index in [0.29, 0.717) is 31.4 Å². The fraction of sp³-hybridized carbons (Fsp3) is 0.0476. The van der Waals surface area contributed by atoms with Crippen LogP contribution >= 0.6 is 58.0 Å². The fourth-order valence-corrected chi connectivity index (χ4v) is 3.66. The van der Waals surface area contributed by atoms with Crippen LogP contribution in [0.5, 0.6) is 5.75 Å². The van der Waals surface area contributed by atoms with E-state index in [1.165, 1.54) is 18.3 Å². The van der Waals surface area contributed by atoms with Crippen LogP contribution in [0.25, 0.3) is 0 Å². The minimum Gasteiger partial charge on any atom is -0.486 e. The van der Waals surface area contributed by atoms with Crippen LogP contribution in [0.4, 0.5) is 0 Å². The minimum absolute atomic E-state index is 0.225. The summed E-state index contributed by atoms with van der Waals surface area (Å²) in [5.41, 5.74) is 4.13. The van der Waals surface area contributed by atoms with Gasteiger partial charge in [0.1, 0.15) is 6.61 Å². The molecule has 0 aliphatic heterocycles. The molecule has 9 heteroatoms. The van der Waals surface area contributed by atoms with Gasteiger partial charge in [0, 0.05) is 10.0 Å². The number of nitrogens with one attached hydrogen (secondary N) is 1. The summed E-state index contributed by atoms with van der Waals surface area (Å²) >= 11 is 30.3. The fourth-order valence-electron chi connectivity index (χ4n) is 2.43. The highest BCUT2D eigenvalue weighted by molar-refractivity contribution is 6.38. The monoisotopic (exact) mass is 500 g/mol. The van der Waals surface area contributed by atoms with Crippen LogP contribution in [0, 0.1) is 0 Å². The highest BCUT2D eigenvalue weighted by Crippen LogP contribution is 2.34. The van der Waals surface area contributed by atoms with E-state index < -0.39 is 5.91 Å². The molecule has 30 heavy (non-hydrogen) atoms. The summed E-state index contributed by atoms with van der Waals surface area (Å²) in [4.78, 5) is 12.2. The lowest BCUT2D eigenvalue weighted by Crippen LogP contribution is -2.18. The van der Waals surface area contributed by atoms with Gasteiger partial charge in [-0.2, -0.15) is 5.10 Å². The molecule has 1 N–H and O–H groups in total. The van der Waals surface area contributed by atoms with E-state index in [-0.39, 0.29) is 17.2 Å². The van der Waals surface area contributed by atoms with E-state index >= 15 is 0 Å². The Kier molecular flexibility index (Phi) is 7.87. The SMILES string of the molecule is O=C(N/N=C\c1cc(Cl)c(OCc2ccc(Cl)cc2)c(Cl)c1)c1ccc(Cl)cc1Cl. The van der Waals surface area contributed by atoms with E-state index in [4.69, 9.17) is 62.7 Å². The van der Waals surface area contributed by atoms with Crippen molar-refractivity contribution in [1.82, 2.24) is 5.43 Å². The number of carbonyl (C=O) groups excluding carboxylic acids is 1. The van der Waals surface area contributed by atoms with Crippen LogP contribution in [0.15, 0.2) is 59.7 Å². The molecule has 0 saturated carbocycles. The van der Waals surface area contributed by atoms with Crippen molar-refractivity contribution in [3.05, 3.63) is 96.4 Å². The Bertz CT molecular complexity index is 1080. The Morgan fingerprint density at radius 2 is 1.50 bits per heavy atom. The largest absolute Gasteiger partial charge is 0.486 e. The maximum atomic E-state index is 12.2. The first-order chi connectivity index (χ1) is 14.3. The molecule has 3 aromatic carbocycles. The van der Waals surface area contributed by atoms with Crippen molar-refractivity contribution >= 4 is 70.1 Å². The molecule has 154 valence electrons. The zero-order valence-electron chi connectivity index (χ0n) is 15.1. The number of hydrogen-bond acceptors (Lipinski definition) is 3. The number of amides is 1. The minimum atomic E-state index is -0.479. The number of carbonyl (C=O) groups is 1. The third kappa shape index (κ3) is 6.03. The summed E-state index contributed by atoms with van der Waals surface area (Å²) in [7, 11) is 0. The van der Waals surface area contributed by atoms with Crippen molar-refractivity contribution in [1.29, 1.82) is 0 Å². The van der Waals surface area contributed by atoms with Crippen LogP contribution in [0.1, 0.15) is 21.5 Å². The van der Waals surface area contributed by atoms with Crippen LogP contribution < -0.4 is 10.2 Å². The summed E-state index contributed by atoms with van der Waals surface area (Å²) in [5, 5.41) is 5.83. The predicted molar refractivity (Wildman–Crippen MR) is 124 cm³/mol. The molecule has 0 atom stereocenters. The molecular weight excluding hydrogens is 490 g/mol. The lowest BCUT2D eigenvalue weighted by molar-refractivity contribution is 0.0955. The molecule has 0 radical (unpaired) electrons. The lowest BCUT2D eigenvalue weighted by atomic mass is 10.2. The predicted octanol–water partition coefficient (Wildman–Crippen LogP) is 7.30. The van der Waals surface area contributed by atoms with Gasteiger partial charge in [-0.05, 0) is 53.6 Å². The first-order valence-corrected chi connectivity index (χ1v) is 10.4. The summed E-state index contributed by atoms with van der Waals surface area (Å²) in [6.07, 6.45) is 1.41. The second kappa shape index (κ2) is 10.4. The van der Waals surface area contributed by atoms with E-state index in [1.54, 1.807) is 30.3 Å². The smallest absolute Gasteiger partial charge is 0.272 e. The van der Waals surface area contributed by atoms with Crippen molar-refractivity contribution in [2.45, 2.75) is 6.61 Å². The number of rotatable bonds is 6. The Labute approximate surface area is 198 Å². The van der Waals surface area contributed by atoms with Gasteiger partial charge < -0.3 is 4.74 Å². The second-order valence-electron chi connectivity index (χ2n) is 6.05. The third-order valence-electron chi connectivity index (χ3n) is 3.87. The molecule has 0 spiro atoms. The normalized spacial score (nSPS) is 11.0. The molecular formula is C21H13Cl5N2O2. The van der Waals surface area contributed by atoms with E-state index in [2.05, 4.69) is 10.5 Å². The standard InChI is InChI=1S/C21H13Cl5N2O2/c22-14-3-1-12(2-4-14)11-30-20-18(25)7-13(8-19(20)26)10-27-28-21(29)16-6-5-15(23)9-17(16)24/h1-10H,11H2,(H,28,29)/b27-10-. The Morgan fingerprint density at radius 3 is 2.13 bits per heavy atom. The number of halogens is 5. The quantitative estimate of drug-likeness (QED) is 0.284. The molecule has 0 aliphatic rings. The lowest BCUT2D eigenvalue weighted by Gasteiger charge is -2.11. The molecule has 0 heterocycles. The van der Waals surface area contributed by atoms with Crippen molar-refractivity contribution in [3.63, 3.8) is 0 Å². The Hall–Kier alpha value is -1.95. The number of nitrogens with zero attached hydrogens (tertiary/aromatic N) is 1. The molecule has 3 aromatic rings. The van der Waals surface area contributed by atoms with E-state index in [9.17, 15) is 4.79 Å². The first-order valence-electron chi connectivity index (χ1n) is 8.48. The molecule has 3 rings (SSSR count). The molecule has 0 aromatic heterocycles. The summed E-state index contributed by atoms with van der Waals surface area (Å²) in [6, 6.07) is 15.0. The van der Waals surface area contributed by atoms with Gasteiger partial charge in [-0.15, -0.1) is 0 Å². The van der Waals surface area contributed by atoms with Gasteiger partial charge in [-0.3, -0.25) is 4.79 Å². The molecule has 0 fully saturated rings. The van der Waals surface area contributed by atoms with Gasteiger partial charge in [0.25, 0.3) is 5.91 Å². The number of hydrazone groups is 1. The van der Waals surface area contributed by atoms with Crippen LogP contribution in [0.3, 0.4) is 0 Å². The molecule has 0 bridgehead atoms. The van der Waals surface area contributed by atoms with Crippen molar-refractivity contribution in [2.24, 2.45) is 5.10 Å². The number of benzene rings is 3. The summed E-state index contributed by atoms with van der Waals surface area (Å²) in [5.74, 6) is -0.129. The third-order valence-corrected chi connectivity index (χ3v) is 5.23. The van der Waals surface area contributed by atoms with Crippen molar-refractivity contribution in [2.75, 3.05) is 0 Å². The number of ether oxygens (including phenoxy) is 1. The van der Waals surface area contributed by atoms with E-state index in [1.807, 2.05) is 12.1 Å². The average molecular weight is 503 g/mol. The molecule has 4 nitrogen and oxygen atoms in total. The summed E-state index contributed by atoms with van der Waals surface area (Å²) in [6.45, 7) is 0.280. The molecule has 0 saturated heterocycles.